The fourth-order valence-corrected chi connectivity index (χ4v) is 1.04. The molecule has 1 aromatic carbocycles. The first-order valence-corrected chi connectivity index (χ1v) is 4.67. The molecule has 3 nitrogen and oxygen atoms in total. The van der Waals surface area contributed by atoms with Gasteiger partial charge in [-0.1, -0.05) is 13.3 Å². The van der Waals surface area contributed by atoms with Gasteiger partial charge in [0.15, 0.2) is 5.82 Å². The summed E-state index contributed by atoms with van der Waals surface area (Å²) in [6.07, 6.45) is 2.03. The van der Waals surface area contributed by atoms with Crippen molar-refractivity contribution in [2.24, 2.45) is 5.84 Å². The molecule has 0 spiro atoms. The number of nitrogens with one attached hydrogen (secondary N) is 1. The monoisotopic (exact) mass is 198 g/mol. The molecular weight excluding hydrogens is 183 g/mol. The molecule has 0 saturated carbocycles. The van der Waals surface area contributed by atoms with Crippen LogP contribution >= 0.6 is 0 Å². The molecule has 0 aliphatic rings. The molecule has 78 valence electrons. The number of rotatable bonds is 5. The molecule has 1 aromatic rings. The zero-order valence-electron chi connectivity index (χ0n) is 8.22. The minimum absolute atomic E-state index is 0.271. The number of hydrogen-bond acceptors (Lipinski definition) is 3. The van der Waals surface area contributed by atoms with Gasteiger partial charge < -0.3 is 10.2 Å². The van der Waals surface area contributed by atoms with Gasteiger partial charge in [0.05, 0.1) is 12.3 Å². The minimum atomic E-state index is -0.401. The number of hydrazine groups is 1. The number of anilines is 1. The average molecular weight is 198 g/mol. The summed E-state index contributed by atoms with van der Waals surface area (Å²) < 4.78 is 18.5. The molecule has 0 aromatic heterocycles. The Morgan fingerprint density at radius 3 is 2.86 bits per heavy atom. The van der Waals surface area contributed by atoms with Crippen LogP contribution in [-0.2, 0) is 0 Å². The smallest absolute Gasteiger partial charge is 0.151 e. The van der Waals surface area contributed by atoms with Crippen LogP contribution in [0.5, 0.6) is 5.75 Å². The Morgan fingerprint density at radius 2 is 2.29 bits per heavy atom. The van der Waals surface area contributed by atoms with Gasteiger partial charge in [0.25, 0.3) is 0 Å². The molecule has 0 fully saturated rings. The highest BCUT2D eigenvalue weighted by molar-refractivity contribution is 5.46. The van der Waals surface area contributed by atoms with Gasteiger partial charge in [-0.15, -0.1) is 0 Å². The lowest BCUT2D eigenvalue weighted by atomic mass is 10.3. The second-order valence-corrected chi connectivity index (χ2v) is 2.99. The molecule has 0 aliphatic carbocycles. The molecule has 4 heteroatoms. The number of unbranched alkanes of at least 4 members (excludes halogenated alkanes) is 1. The first-order chi connectivity index (χ1) is 6.77. The standard InChI is InChI=1S/C10H15FN2O/c1-2-3-6-14-8-4-5-10(13-12)9(11)7-8/h4-5,7,13H,2-3,6,12H2,1H3. The summed E-state index contributed by atoms with van der Waals surface area (Å²) in [4.78, 5) is 0. The summed E-state index contributed by atoms with van der Waals surface area (Å²) in [5, 5.41) is 0. The molecule has 3 N–H and O–H groups in total. The Morgan fingerprint density at radius 1 is 1.50 bits per heavy atom. The second kappa shape index (κ2) is 5.44. The van der Waals surface area contributed by atoms with Gasteiger partial charge in [-0.3, -0.25) is 5.84 Å². The second-order valence-electron chi connectivity index (χ2n) is 2.99. The van der Waals surface area contributed by atoms with E-state index in [1.54, 1.807) is 12.1 Å². The molecule has 0 bridgehead atoms. The first-order valence-electron chi connectivity index (χ1n) is 4.67. The highest BCUT2D eigenvalue weighted by Gasteiger charge is 2.01. The number of nitrogen functional groups attached to an aromatic ring is 1. The third-order valence-electron chi connectivity index (χ3n) is 1.86. The van der Waals surface area contributed by atoms with Crippen molar-refractivity contribution >= 4 is 5.69 Å². The molecule has 0 aliphatic heterocycles. The van der Waals surface area contributed by atoms with Crippen LogP contribution in [-0.4, -0.2) is 6.61 Å². The van der Waals surface area contributed by atoms with Gasteiger partial charge >= 0.3 is 0 Å². The maximum Gasteiger partial charge on any atom is 0.151 e. The van der Waals surface area contributed by atoms with Crippen molar-refractivity contribution in [3.05, 3.63) is 24.0 Å². The van der Waals surface area contributed by atoms with E-state index in [2.05, 4.69) is 12.3 Å². The van der Waals surface area contributed by atoms with E-state index in [0.717, 1.165) is 12.8 Å². The fourth-order valence-electron chi connectivity index (χ4n) is 1.04. The largest absolute Gasteiger partial charge is 0.493 e. The van der Waals surface area contributed by atoms with Gasteiger partial charge in [0, 0.05) is 6.07 Å². The van der Waals surface area contributed by atoms with Crippen molar-refractivity contribution < 1.29 is 9.13 Å². The summed E-state index contributed by atoms with van der Waals surface area (Å²) in [7, 11) is 0. The van der Waals surface area contributed by atoms with Gasteiger partial charge in [-0.05, 0) is 18.6 Å². The molecular formula is C10H15FN2O. The predicted octanol–water partition coefficient (Wildman–Crippen LogP) is 2.29. The average Bonchev–Trinajstić information content (AvgIpc) is 2.18. The number of benzene rings is 1. The molecule has 0 heterocycles. The van der Waals surface area contributed by atoms with Crippen LogP contribution < -0.4 is 16.0 Å². The molecule has 0 saturated heterocycles. The topological polar surface area (TPSA) is 47.3 Å². The van der Waals surface area contributed by atoms with E-state index < -0.39 is 5.82 Å². The fraction of sp³-hybridized carbons (Fsp3) is 0.400. The number of hydrogen-bond donors (Lipinski definition) is 2. The highest BCUT2D eigenvalue weighted by atomic mass is 19.1. The highest BCUT2D eigenvalue weighted by Crippen LogP contribution is 2.19. The summed E-state index contributed by atoms with van der Waals surface area (Å²) >= 11 is 0. The van der Waals surface area contributed by atoms with E-state index in [4.69, 9.17) is 10.6 Å². The first kappa shape index (κ1) is 10.8. The van der Waals surface area contributed by atoms with Crippen LogP contribution in [0.3, 0.4) is 0 Å². The molecule has 0 radical (unpaired) electrons. The van der Waals surface area contributed by atoms with Crippen molar-refractivity contribution in [3.63, 3.8) is 0 Å². The Labute approximate surface area is 83.0 Å². The summed E-state index contributed by atoms with van der Waals surface area (Å²) in [6, 6.07) is 4.56. The zero-order chi connectivity index (χ0) is 10.4. The SMILES string of the molecule is CCCCOc1ccc(NN)c(F)c1. The number of halogens is 1. The van der Waals surface area contributed by atoms with E-state index in [1.165, 1.54) is 6.07 Å². The van der Waals surface area contributed by atoms with Gasteiger partial charge in [0.1, 0.15) is 5.75 Å². The van der Waals surface area contributed by atoms with Gasteiger partial charge in [-0.2, -0.15) is 0 Å². The molecule has 14 heavy (non-hydrogen) atoms. The molecule has 0 unspecified atom stereocenters. The van der Waals surface area contributed by atoms with E-state index in [9.17, 15) is 4.39 Å². The van der Waals surface area contributed by atoms with Gasteiger partial charge in [0.2, 0.25) is 0 Å². The summed E-state index contributed by atoms with van der Waals surface area (Å²) in [6.45, 7) is 2.69. The Bertz CT molecular complexity index is 291. The molecule has 1 rings (SSSR count). The van der Waals surface area contributed by atoms with Crippen LogP contribution in [0.2, 0.25) is 0 Å². The van der Waals surface area contributed by atoms with Crippen LogP contribution in [0.1, 0.15) is 19.8 Å². The number of nitrogens with two attached hydrogens (primary N) is 1. The zero-order valence-corrected chi connectivity index (χ0v) is 8.22. The summed E-state index contributed by atoms with van der Waals surface area (Å²) in [5.74, 6) is 5.23. The Hall–Kier alpha value is -1.29. The van der Waals surface area contributed by atoms with Crippen molar-refractivity contribution in [2.75, 3.05) is 12.0 Å². The lowest BCUT2D eigenvalue weighted by Gasteiger charge is -2.07. The van der Waals surface area contributed by atoms with Gasteiger partial charge in [-0.25, -0.2) is 4.39 Å². The van der Waals surface area contributed by atoms with Crippen molar-refractivity contribution in [1.29, 1.82) is 0 Å². The third-order valence-corrected chi connectivity index (χ3v) is 1.86. The third kappa shape index (κ3) is 2.88. The quantitative estimate of drug-likeness (QED) is 0.433. The van der Waals surface area contributed by atoms with Crippen molar-refractivity contribution in [1.82, 2.24) is 0 Å². The van der Waals surface area contributed by atoms with Crippen molar-refractivity contribution in [3.8, 4) is 5.75 Å². The van der Waals surface area contributed by atoms with Crippen molar-refractivity contribution in [2.45, 2.75) is 19.8 Å². The molecule has 0 amide bonds. The van der Waals surface area contributed by atoms with Crippen LogP contribution in [0.4, 0.5) is 10.1 Å². The Balaban J connectivity index is 2.57. The lowest BCUT2D eigenvalue weighted by Crippen LogP contribution is -2.08. The maximum atomic E-state index is 13.1. The van der Waals surface area contributed by atoms with Crippen LogP contribution in [0.15, 0.2) is 18.2 Å². The Kier molecular flexibility index (Phi) is 4.19. The van der Waals surface area contributed by atoms with Crippen LogP contribution in [0, 0.1) is 5.82 Å². The maximum absolute atomic E-state index is 13.1. The normalized spacial score (nSPS) is 9.93. The van der Waals surface area contributed by atoms with E-state index in [-0.39, 0.29) is 5.69 Å². The van der Waals surface area contributed by atoms with Crippen LogP contribution in [0.25, 0.3) is 0 Å². The summed E-state index contributed by atoms with van der Waals surface area (Å²) in [5.41, 5.74) is 2.53. The lowest BCUT2D eigenvalue weighted by molar-refractivity contribution is 0.308. The predicted molar refractivity (Wildman–Crippen MR) is 54.6 cm³/mol. The van der Waals surface area contributed by atoms with E-state index in [1.807, 2.05) is 0 Å². The number of ether oxygens (including phenoxy) is 1. The van der Waals surface area contributed by atoms with E-state index in [0.29, 0.717) is 12.4 Å². The van der Waals surface area contributed by atoms with E-state index >= 15 is 0 Å². The molecule has 0 atom stereocenters. The minimum Gasteiger partial charge on any atom is -0.493 e.